The molecule has 0 aromatic heterocycles. The average Bonchev–Trinajstić information content (AvgIpc) is 1.98. The molecule has 0 saturated carbocycles. The third kappa shape index (κ3) is 7.71. The van der Waals surface area contributed by atoms with E-state index < -0.39 is 15.8 Å². The molecule has 0 saturated heterocycles. The van der Waals surface area contributed by atoms with Crippen molar-refractivity contribution >= 4 is 10.0 Å². The Hall–Kier alpha value is -0.640. The summed E-state index contributed by atoms with van der Waals surface area (Å²) in [5.74, 6) is -0.463. The van der Waals surface area contributed by atoms with Crippen molar-refractivity contribution in [3.05, 3.63) is 0 Å². The topological polar surface area (TPSA) is 73.2 Å². The second kappa shape index (κ2) is 5.91. The lowest BCUT2D eigenvalue weighted by Gasteiger charge is -2.08. The monoisotopic (exact) mass is 205 g/mol. The molecule has 5 nitrogen and oxygen atoms in total. The molecule has 0 aromatic rings. The lowest BCUT2D eigenvalue weighted by Crippen LogP contribution is -2.28. The van der Waals surface area contributed by atoms with Crippen LogP contribution in [0.3, 0.4) is 0 Å². The molecular weight excluding hydrogens is 190 g/mol. The van der Waals surface area contributed by atoms with Crippen LogP contribution in [0.1, 0.15) is 6.42 Å². The average molecular weight is 205 g/mol. The molecule has 0 spiro atoms. The Morgan fingerprint density at radius 3 is 2.54 bits per heavy atom. The maximum Gasteiger partial charge on any atom is 0.225 e. The van der Waals surface area contributed by atoms with E-state index in [1.807, 2.05) is 19.0 Å². The molecule has 0 rings (SSSR count). The van der Waals surface area contributed by atoms with Crippen LogP contribution in [0.4, 0.5) is 0 Å². The fourth-order valence-electron chi connectivity index (χ4n) is 0.759. The van der Waals surface area contributed by atoms with Crippen molar-refractivity contribution in [1.82, 2.24) is 9.62 Å². The van der Waals surface area contributed by atoms with E-state index in [4.69, 9.17) is 5.26 Å². The number of sulfonamides is 1. The van der Waals surface area contributed by atoms with Crippen molar-refractivity contribution in [3.63, 3.8) is 0 Å². The number of nitrogens with zero attached hydrogens (tertiary/aromatic N) is 2. The van der Waals surface area contributed by atoms with Crippen molar-refractivity contribution in [3.8, 4) is 6.07 Å². The summed E-state index contributed by atoms with van der Waals surface area (Å²) in [4.78, 5) is 1.97. The highest BCUT2D eigenvalue weighted by molar-refractivity contribution is 7.89. The van der Waals surface area contributed by atoms with E-state index in [9.17, 15) is 8.42 Å². The van der Waals surface area contributed by atoms with Crippen LogP contribution in [0.5, 0.6) is 0 Å². The van der Waals surface area contributed by atoms with E-state index in [0.29, 0.717) is 6.54 Å². The minimum absolute atomic E-state index is 0.391. The molecule has 76 valence electrons. The van der Waals surface area contributed by atoms with E-state index >= 15 is 0 Å². The molecule has 0 radical (unpaired) electrons. The van der Waals surface area contributed by atoms with E-state index in [1.54, 1.807) is 6.07 Å². The highest BCUT2D eigenvalue weighted by Crippen LogP contribution is 1.85. The Bertz CT molecular complexity index is 266. The predicted octanol–water partition coefficient (Wildman–Crippen LogP) is -0.619. The first-order chi connectivity index (χ1) is 5.98. The zero-order valence-electron chi connectivity index (χ0n) is 7.95. The summed E-state index contributed by atoms with van der Waals surface area (Å²) in [5.41, 5.74) is 0. The van der Waals surface area contributed by atoms with E-state index in [-0.39, 0.29) is 0 Å². The first-order valence-corrected chi connectivity index (χ1v) is 5.62. The maximum absolute atomic E-state index is 10.9. The molecule has 6 heteroatoms. The normalized spacial score (nSPS) is 11.5. The van der Waals surface area contributed by atoms with Crippen LogP contribution in [0.2, 0.25) is 0 Å². The van der Waals surface area contributed by atoms with E-state index in [1.165, 1.54) is 0 Å². The van der Waals surface area contributed by atoms with Crippen LogP contribution in [0, 0.1) is 11.3 Å². The summed E-state index contributed by atoms with van der Waals surface area (Å²) < 4.78 is 24.2. The van der Waals surface area contributed by atoms with Crippen LogP contribution >= 0.6 is 0 Å². The third-order valence-electron chi connectivity index (χ3n) is 1.36. The fourth-order valence-corrected chi connectivity index (χ4v) is 1.49. The second-order valence-electron chi connectivity index (χ2n) is 2.97. The van der Waals surface area contributed by atoms with Gasteiger partial charge in [0.1, 0.15) is 0 Å². The number of rotatable bonds is 6. The van der Waals surface area contributed by atoms with E-state index in [0.717, 1.165) is 13.0 Å². The predicted molar refractivity (Wildman–Crippen MR) is 50.6 cm³/mol. The molecule has 0 atom stereocenters. The molecule has 0 aromatic carbocycles. The molecule has 0 heterocycles. The minimum atomic E-state index is -3.36. The summed E-state index contributed by atoms with van der Waals surface area (Å²) in [7, 11) is 0.482. The molecule has 0 bridgehead atoms. The third-order valence-corrected chi connectivity index (χ3v) is 2.51. The number of nitriles is 1. The first kappa shape index (κ1) is 12.4. The van der Waals surface area contributed by atoms with Crippen LogP contribution in [-0.4, -0.2) is 46.3 Å². The number of hydrogen-bond acceptors (Lipinski definition) is 4. The Morgan fingerprint density at radius 2 is 2.08 bits per heavy atom. The SMILES string of the molecule is CN(C)CCCNS(=O)(=O)CC#N. The zero-order chi connectivity index (χ0) is 10.3. The van der Waals surface area contributed by atoms with Crippen LogP contribution in [0.15, 0.2) is 0 Å². The van der Waals surface area contributed by atoms with Gasteiger partial charge in [-0.2, -0.15) is 5.26 Å². The summed E-state index contributed by atoms with van der Waals surface area (Å²) >= 11 is 0. The largest absolute Gasteiger partial charge is 0.309 e. The summed E-state index contributed by atoms with van der Waals surface area (Å²) in [6, 6.07) is 1.60. The van der Waals surface area contributed by atoms with Gasteiger partial charge in [0.15, 0.2) is 5.75 Å². The molecule has 0 aliphatic carbocycles. The Balaban J connectivity index is 3.60. The van der Waals surface area contributed by atoms with Crippen molar-refractivity contribution < 1.29 is 8.42 Å². The Kier molecular flexibility index (Phi) is 5.62. The lowest BCUT2D eigenvalue weighted by molar-refractivity contribution is 0.400. The van der Waals surface area contributed by atoms with Gasteiger partial charge in [-0.15, -0.1) is 0 Å². The van der Waals surface area contributed by atoms with Gasteiger partial charge in [-0.05, 0) is 27.1 Å². The van der Waals surface area contributed by atoms with Crippen molar-refractivity contribution in [2.45, 2.75) is 6.42 Å². The smallest absolute Gasteiger partial charge is 0.225 e. The zero-order valence-corrected chi connectivity index (χ0v) is 8.76. The van der Waals surface area contributed by atoms with Gasteiger partial charge >= 0.3 is 0 Å². The summed E-state index contributed by atoms with van der Waals surface area (Å²) in [6.45, 7) is 1.22. The van der Waals surface area contributed by atoms with Crippen LogP contribution in [-0.2, 0) is 10.0 Å². The highest BCUT2D eigenvalue weighted by atomic mass is 32.2. The van der Waals surface area contributed by atoms with Gasteiger partial charge < -0.3 is 4.90 Å². The molecule has 1 N–H and O–H groups in total. The van der Waals surface area contributed by atoms with Crippen LogP contribution in [0.25, 0.3) is 0 Å². The Morgan fingerprint density at radius 1 is 1.46 bits per heavy atom. The molecule has 13 heavy (non-hydrogen) atoms. The van der Waals surface area contributed by atoms with E-state index in [2.05, 4.69) is 4.72 Å². The molecule has 0 fully saturated rings. The maximum atomic E-state index is 10.9. The number of hydrogen-bond donors (Lipinski definition) is 1. The van der Waals surface area contributed by atoms with Gasteiger partial charge in [0.05, 0.1) is 6.07 Å². The number of nitrogens with one attached hydrogen (secondary N) is 1. The van der Waals surface area contributed by atoms with Gasteiger partial charge in [-0.1, -0.05) is 0 Å². The van der Waals surface area contributed by atoms with Gasteiger partial charge in [0.2, 0.25) is 10.0 Å². The fraction of sp³-hybridized carbons (Fsp3) is 0.857. The molecular formula is C7H15N3O2S. The molecule has 0 aliphatic heterocycles. The van der Waals surface area contributed by atoms with Gasteiger partial charge in [-0.3, -0.25) is 0 Å². The summed E-state index contributed by atoms with van der Waals surface area (Å²) in [6.07, 6.45) is 0.748. The summed E-state index contributed by atoms with van der Waals surface area (Å²) in [5, 5.41) is 8.17. The standard InChI is InChI=1S/C7H15N3O2S/c1-10(2)6-3-5-9-13(11,12)7-4-8/h9H,3,5-7H2,1-2H3. The first-order valence-electron chi connectivity index (χ1n) is 3.97. The van der Waals surface area contributed by atoms with Crippen molar-refractivity contribution in [1.29, 1.82) is 5.26 Å². The van der Waals surface area contributed by atoms with Gasteiger partial charge in [0.25, 0.3) is 0 Å². The van der Waals surface area contributed by atoms with Crippen molar-refractivity contribution in [2.24, 2.45) is 0 Å². The molecule has 0 unspecified atom stereocenters. The quantitative estimate of drug-likeness (QED) is 0.587. The van der Waals surface area contributed by atoms with Crippen molar-refractivity contribution in [2.75, 3.05) is 32.9 Å². The van der Waals surface area contributed by atoms with Gasteiger partial charge in [0, 0.05) is 6.54 Å². The van der Waals surface area contributed by atoms with Gasteiger partial charge in [-0.25, -0.2) is 13.1 Å². The second-order valence-corrected chi connectivity index (χ2v) is 4.78. The molecule has 0 aliphatic rings. The lowest BCUT2D eigenvalue weighted by atomic mass is 10.4. The Labute approximate surface area is 79.4 Å². The molecule has 0 amide bonds. The minimum Gasteiger partial charge on any atom is -0.309 e. The highest BCUT2D eigenvalue weighted by Gasteiger charge is 2.07. The van der Waals surface area contributed by atoms with Crippen LogP contribution < -0.4 is 4.72 Å².